The number of nitrogens with one attached hydrogen (secondary N) is 2. The number of nitrogens with zero attached hydrogens (tertiary/aromatic N) is 2. The number of hydrogen-bond donors (Lipinski definition) is 2. The van der Waals surface area contributed by atoms with Gasteiger partial charge in [0.2, 0.25) is 5.95 Å². The summed E-state index contributed by atoms with van der Waals surface area (Å²) in [5.74, 6) is 0.301. The van der Waals surface area contributed by atoms with Crippen molar-refractivity contribution in [3.05, 3.63) is 72.3 Å². The predicted octanol–water partition coefficient (Wildman–Crippen LogP) is 3.62. The van der Waals surface area contributed by atoms with Gasteiger partial charge in [-0.3, -0.25) is 4.79 Å². The molecule has 0 spiro atoms. The van der Waals surface area contributed by atoms with E-state index < -0.39 is 0 Å². The maximum atomic E-state index is 12.9. The van der Waals surface area contributed by atoms with Crippen LogP contribution in [0.2, 0.25) is 0 Å². The van der Waals surface area contributed by atoms with Crippen LogP contribution in [0.5, 0.6) is 5.75 Å². The first-order valence-electron chi connectivity index (χ1n) is 7.44. The molecular weight excluding hydrogens is 323 g/mol. The number of halogens is 1. The van der Waals surface area contributed by atoms with Crippen molar-refractivity contribution in [2.75, 3.05) is 17.7 Å². The number of amides is 1. The van der Waals surface area contributed by atoms with Crippen molar-refractivity contribution in [1.29, 1.82) is 0 Å². The second-order valence-corrected chi connectivity index (χ2v) is 5.11. The van der Waals surface area contributed by atoms with E-state index >= 15 is 0 Å². The molecule has 3 aromatic rings. The van der Waals surface area contributed by atoms with Gasteiger partial charge >= 0.3 is 0 Å². The number of methoxy groups -OCH3 is 1. The molecule has 0 unspecified atom stereocenters. The lowest BCUT2D eigenvalue weighted by atomic mass is 10.2. The lowest BCUT2D eigenvalue weighted by Gasteiger charge is -2.08. The summed E-state index contributed by atoms with van der Waals surface area (Å²) in [6, 6.07) is 12.8. The molecule has 3 rings (SSSR count). The molecule has 0 radical (unpaired) electrons. The molecule has 0 aliphatic carbocycles. The Labute approximate surface area is 143 Å². The van der Waals surface area contributed by atoms with E-state index in [4.69, 9.17) is 4.74 Å². The zero-order chi connectivity index (χ0) is 17.6. The Hall–Kier alpha value is -3.48. The summed E-state index contributed by atoms with van der Waals surface area (Å²) in [5, 5.41) is 5.67. The Morgan fingerprint density at radius 3 is 2.44 bits per heavy atom. The highest BCUT2D eigenvalue weighted by Crippen LogP contribution is 2.18. The molecule has 0 aliphatic heterocycles. The molecular formula is C18H15FN4O2. The maximum absolute atomic E-state index is 12.9. The van der Waals surface area contributed by atoms with Crippen LogP contribution in [0, 0.1) is 5.82 Å². The molecule has 1 aromatic heterocycles. The highest BCUT2D eigenvalue weighted by Gasteiger charge is 2.08. The van der Waals surface area contributed by atoms with Gasteiger partial charge < -0.3 is 15.4 Å². The summed E-state index contributed by atoms with van der Waals surface area (Å²) in [6.07, 6.45) is 2.82. The minimum Gasteiger partial charge on any atom is -0.497 e. The number of ether oxygens (including phenoxy) is 1. The Balaban J connectivity index is 1.66. The molecule has 0 fully saturated rings. The van der Waals surface area contributed by atoms with E-state index in [1.165, 1.54) is 24.5 Å². The fraction of sp³-hybridized carbons (Fsp3) is 0.0556. The molecule has 0 aliphatic rings. The third-order valence-corrected chi connectivity index (χ3v) is 3.34. The van der Waals surface area contributed by atoms with Crippen molar-refractivity contribution in [2.24, 2.45) is 0 Å². The molecule has 1 heterocycles. The van der Waals surface area contributed by atoms with Crippen LogP contribution in [0.3, 0.4) is 0 Å². The van der Waals surface area contributed by atoms with Crippen molar-refractivity contribution in [3.63, 3.8) is 0 Å². The highest BCUT2D eigenvalue weighted by atomic mass is 19.1. The van der Waals surface area contributed by atoms with Crippen LogP contribution in [0.25, 0.3) is 0 Å². The molecule has 126 valence electrons. The molecule has 0 atom stereocenters. The van der Waals surface area contributed by atoms with Crippen LogP contribution < -0.4 is 15.4 Å². The Morgan fingerprint density at radius 2 is 1.76 bits per heavy atom. The van der Waals surface area contributed by atoms with Crippen molar-refractivity contribution >= 4 is 23.2 Å². The van der Waals surface area contributed by atoms with Gasteiger partial charge in [0.25, 0.3) is 5.91 Å². The number of carbonyl (C=O) groups excluding carboxylic acids is 1. The fourth-order valence-corrected chi connectivity index (χ4v) is 2.08. The summed E-state index contributed by atoms with van der Waals surface area (Å²) >= 11 is 0. The summed E-state index contributed by atoms with van der Waals surface area (Å²) in [6.45, 7) is 0. The van der Waals surface area contributed by atoms with Gasteiger partial charge in [-0.05, 0) is 36.4 Å². The van der Waals surface area contributed by atoms with Gasteiger partial charge in [-0.1, -0.05) is 6.07 Å². The van der Waals surface area contributed by atoms with Crippen molar-refractivity contribution < 1.29 is 13.9 Å². The zero-order valence-electron chi connectivity index (χ0n) is 13.4. The minimum absolute atomic E-state index is 0.310. The molecule has 6 nitrogen and oxygen atoms in total. The average Bonchev–Trinajstić information content (AvgIpc) is 2.64. The van der Waals surface area contributed by atoms with Gasteiger partial charge in [0, 0.05) is 29.8 Å². The van der Waals surface area contributed by atoms with Crippen LogP contribution in [0.1, 0.15) is 10.4 Å². The van der Waals surface area contributed by atoms with Gasteiger partial charge in [-0.25, -0.2) is 14.4 Å². The largest absolute Gasteiger partial charge is 0.497 e. The second-order valence-electron chi connectivity index (χ2n) is 5.11. The van der Waals surface area contributed by atoms with Crippen molar-refractivity contribution in [1.82, 2.24) is 9.97 Å². The molecule has 7 heteroatoms. The van der Waals surface area contributed by atoms with Crippen LogP contribution in [-0.2, 0) is 0 Å². The van der Waals surface area contributed by atoms with E-state index in [0.29, 0.717) is 28.6 Å². The van der Waals surface area contributed by atoms with Gasteiger partial charge in [0.1, 0.15) is 11.6 Å². The van der Waals surface area contributed by atoms with Crippen molar-refractivity contribution in [2.45, 2.75) is 0 Å². The molecule has 0 saturated carbocycles. The zero-order valence-corrected chi connectivity index (χ0v) is 13.4. The summed E-state index contributed by atoms with van der Waals surface area (Å²) in [7, 11) is 1.56. The third kappa shape index (κ3) is 4.29. The number of rotatable bonds is 5. The number of carbonyl (C=O) groups is 1. The van der Waals surface area contributed by atoms with Crippen LogP contribution in [0.4, 0.5) is 21.7 Å². The van der Waals surface area contributed by atoms with Gasteiger partial charge in [0.05, 0.1) is 12.7 Å². The number of benzene rings is 2. The molecule has 2 N–H and O–H groups in total. The van der Waals surface area contributed by atoms with Gasteiger partial charge in [-0.15, -0.1) is 0 Å². The smallest absolute Gasteiger partial charge is 0.258 e. The first-order valence-corrected chi connectivity index (χ1v) is 7.44. The van der Waals surface area contributed by atoms with E-state index in [0.717, 1.165) is 0 Å². The SMILES string of the molecule is COc1cccc(NC(=O)c2cnc(Nc3ccc(F)cc3)nc2)c1. The second kappa shape index (κ2) is 7.39. The minimum atomic E-state index is -0.332. The first-order chi connectivity index (χ1) is 12.1. The quantitative estimate of drug-likeness (QED) is 0.743. The highest BCUT2D eigenvalue weighted by molar-refractivity contribution is 6.04. The van der Waals surface area contributed by atoms with Crippen molar-refractivity contribution in [3.8, 4) is 5.75 Å². The molecule has 1 amide bonds. The molecule has 2 aromatic carbocycles. The van der Waals surface area contributed by atoms with E-state index in [-0.39, 0.29) is 11.7 Å². The standard InChI is InChI=1S/C18H15FN4O2/c1-25-16-4-2-3-15(9-16)22-17(24)12-10-20-18(21-11-12)23-14-7-5-13(19)6-8-14/h2-11H,1H3,(H,22,24)(H,20,21,23). The van der Waals surface area contributed by atoms with Gasteiger partial charge in [0.15, 0.2) is 0 Å². The summed E-state index contributed by atoms with van der Waals surface area (Å²) in [5.41, 5.74) is 1.57. The third-order valence-electron chi connectivity index (χ3n) is 3.34. The van der Waals surface area contributed by atoms with Gasteiger partial charge in [-0.2, -0.15) is 0 Å². The van der Waals surface area contributed by atoms with E-state index in [1.807, 2.05) is 0 Å². The molecule has 25 heavy (non-hydrogen) atoms. The van der Waals surface area contributed by atoms with E-state index in [2.05, 4.69) is 20.6 Å². The summed E-state index contributed by atoms with van der Waals surface area (Å²) in [4.78, 5) is 20.4. The predicted molar refractivity (Wildman–Crippen MR) is 92.7 cm³/mol. The monoisotopic (exact) mass is 338 g/mol. The van der Waals surface area contributed by atoms with Crippen LogP contribution >= 0.6 is 0 Å². The normalized spacial score (nSPS) is 10.2. The topological polar surface area (TPSA) is 76.1 Å². The Morgan fingerprint density at radius 1 is 1.04 bits per heavy atom. The van der Waals surface area contributed by atoms with Crippen LogP contribution in [0.15, 0.2) is 60.9 Å². The average molecular weight is 338 g/mol. The first kappa shape index (κ1) is 16.4. The van der Waals surface area contributed by atoms with E-state index in [9.17, 15) is 9.18 Å². The fourth-order valence-electron chi connectivity index (χ4n) is 2.08. The molecule has 0 bridgehead atoms. The number of hydrogen-bond acceptors (Lipinski definition) is 5. The molecule has 0 saturated heterocycles. The lowest BCUT2D eigenvalue weighted by molar-refractivity contribution is 0.102. The number of anilines is 3. The Bertz CT molecular complexity index is 867. The van der Waals surface area contributed by atoms with Crippen LogP contribution in [-0.4, -0.2) is 23.0 Å². The summed E-state index contributed by atoms with van der Waals surface area (Å²) < 4.78 is 18.0. The Kier molecular flexibility index (Phi) is 4.84. The number of aromatic nitrogens is 2. The lowest BCUT2D eigenvalue weighted by Crippen LogP contribution is -2.13. The maximum Gasteiger partial charge on any atom is 0.258 e. The van der Waals surface area contributed by atoms with E-state index in [1.54, 1.807) is 43.5 Å².